The molecule has 1 N–H and O–H groups in total. The second-order valence-electron chi connectivity index (χ2n) is 8.10. The van der Waals surface area contributed by atoms with Crippen molar-refractivity contribution in [3.05, 3.63) is 69.7 Å². The van der Waals surface area contributed by atoms with Crippen molar-refractivity contribution in [3.63, 3.8) is 0 Å². The van der Waals surface area contributed by atoms with E-state index in [-0.39, 0.29) is 11.8 Å². The van der Waals surface area contributed by atoms with Gasteiger partial charge in [0.1, 0.15) is 5.82 Å². The number of aryl methyl sites for hydroxylation is 3. The van der Waals surface area contributed by atoms with Gasteiger partial charge in [-0.2, -0.15) is 9.78 Å². The molecule has 31 heavy (non-hydrogen) atoms. The fraction of sp³-hybridized carbons (Fsp3) is 0.208. The monoisotopic (exact) mass is 444 g/mol. The van der Waals surface area contributed by atoms with E-state index in [1.165, 1.54) is 26.1 Å². The minimum Gasteiger partial charge on any atom is -0.310 e. The largest absolute Gasteiger partial charge is 0.310 e. The van der Waals surface area contributed by atoms with E-state index < -0.39 is 0 Å². The number of aromatic nitrogens is 3. The molecule has 1 atom stereocenters. The SMILES string of the molecule is Cc1ccc2nc(-n3nc(C)c4c3NC(=O)C[C@H]4c3c(C)sc4ccccc34)sc2c1. The highest BCUT2D eigenvalue weighted by molar-refractivity contribution is 7.20. The van der Waals surface area contributed by atoms with Gasteiger partial charge in [0, 0.05) is 27.5 Å². The van der Waals surface area contributed by atoms with Crippen LogP contribution in [0.5, 0.6) is 0 Å². The average Bonchev–Trinajstić information content (AvgIpc) is 3.39. The molecule has 0 saturated heterocycles. The first kappa shape index (κ1) is 18.7. The Kier molecular flexibility index (Phi) is 4.07. The average molecular weight is 445 g/mol. The molecule has 0 radical (unpaired) electrons. The quantitative estimate of drug-likeness (QED) is 0.358. The second kappa shape index (κ2) is 6.73. The highest BCUT2D eigenvalue weighted by Crippen LogP contribution is 2.46. The molecular formula is C24H20N4OS2. The molecule has 1 aliphatic heterocycles. The number of thiazole rings is 1. The first-order valence-corrected chi connectivity index (χ1v) is 11.9. The molecule has 154 valence electrons. The van der Waals surface area contributed by atoms with Crippen molar-refractivity contribution in [2.75, 3.05) is 5.32 Å². The Hall–Kier alpha value is -3.03. The number of anilines is 1. The molecule has 0 fully saturated rings. The van der Waals surface area contributed by atoms with Gasteiger partial charge < -0.3 is 5.32 Å². The Morgan fingerprint density at radius 1 is 1.03 bits per heavy atom. The van der Waals surface area contributed by atoms with Crippen molar-refractivity contribution in [3.8, 4) is 5.13 Å². The van der Waals surface area contributed by atoms with Gasteiger partial charge >= 0.3 is 0 Å². The number of nitrogens with zero attached hydrogens (tertiary/aromatic N) is 3. The molecule has 0 bridgehead atoms. The minimum absolute atomic E-state index is 0.00901. The fourth-order valence-corrected chi connectivity index (χ4v) is 6.81. The van der Waals surface area contributed by atoms with Gasteiger partial charge in [-0.05, 0) is 55.5 Å². The van der Waals surface area contributed by atoms with Crippen LogP contribution in [0.15, 0.2) is 42.5 Å². The molecule has 0 saturated carbocycles. The number of carbonyl (C=O) groups is 1. The van der Waals surface area contributed by atoms with Crippen molar-refractivity contribution in [1.82, 2.24) is 14.8 Å². The van der Waals surface area contributed by atoms with Crippen LogP contribution in [0, 0.1) is 20.8 Å². The maximum atomic E-state index is 12.8. The third kappa shape index (κ3) is 2.84. The van der Waals surface area contributed by atoms with Crippen molar-refractivity contribution < 1.29 is 4.79 Å². The number of fused-ring (bicyclic) bond motifs is 3. The summed E-state index contributed by atoms with van der Waals surface area (Å²) in [4.78, 5) is 18.9. The Morgan fingerprint density at radius 3 is 2.74 bits per heavy atom. The highest BCUT2D eigenvalue weighted by atomic mass is 32.1. The predicted octanol–water partition coefficient (Wildman–Crippen LogP) is 6.10. The number of thiophene rings is 1. The van der Waals surface area contributed by atoms with Crippen LogP contribution < -0.4 is 5.32 Å². The van der Waals surface area contributed by atoms with Crippen LogP contribution in [-0.4, -0.2) is 20.7 Å². The van der Waals surface area contributed by atoms with Crippen LogP contribution in [0.3, 0.4) is 0 Å². The van der Waals surface area contributed by atoms with Crippen molar-refractivity contribution in [1.29, 1.82) is 0 Å². The summed E-state index contributed by atoms with van der Waals surface area (Å²) in [5.41, 5.74) is 5.44. The molecule has 0 aliphatic carbocycles. The molecule has 6 rings (SSSR count). The molecule has 0 unspecified atom stereocenters. The number of nitrogens with one attached hydrogen (secondary N) is 1. The van der Waals surface area contributed by atoms with Gasteiger partial charge in [0.2, 0.25) is 11.0 Å². The van der Waals surface area contributed by atoms with E-state index in [1.54, 1.807) is 22.7 Å². The van der Waals surface area contributed by atoms with E-state index >= 15 is 0 Å². The van der Waals surface area contributed by atoms with Gasteiger partial charge in [-0.25, -0.2) is 4.98 Å². The summed E-state index contributed by atoms with van der Waals surface area (Å²) in [5.74, 6) is 0.764. The second-order valence-corrected chi connectivity index (χ2v) is 10.4. The van der Waals surface area contributed by atoms with Crippen LogP contribution in [-0.2, 0) is 4.79 Å². The highest BCUT2D eigenvalue weighted by Gasteiger charge is 2.35. The van der Waals surface area contributed by atoms with Crippen molar-refractivity contribution in [2.45, 2.75) is 33.1 Å². The Morgan fingerprint density at radius 2 is 1.87 bits per heavy atom. The van der Waals surface area contributed by atoms with E-state index in [9.17, 15) is 4.79 Å². The number of hydrogen-bond acceptors (Lipinski definition) is 5. The van der Waals surface area contributed by atoms with E-state index in [0.29, 0.717) is 6.42 Å². The number of rotatable bonds is 2. The van der Waals surface area contributed by atoms with Crippen LogP contribution in [0.4, 0.5) is 5.82 Å². The van der Waals surface area contributed by atoms with Crippen LogP contribution in [0.25, 0.3) is 25.4 Å². The lowest BCUT2D eigenvalue weighted by molar-refractivity contribution is -0.116. The van der Waals surface area contributed by atoms with Gasteiger partial charge in [-0.15, -0.1) is 11.3 Å². The zero-order valence-corrected chi connectivity index (χ0v) is 19.0. The lowest BCUT2D eigenvalue weighted by Gasteiger charge is -2.24. The first-order chi connectivity index (χ1) is 15.0. The van der Waals surface area contributed by atoms with E-state index in [1.807, 2.05) is 17.7 Å². The van der Waals surface area contributed by atoms with Gasteiger partial charge in [0.25, 0.3) is 0 Å². The van der Waals surface area contributed by atoms with Gasteiger partial charge in [0.05, 0.1) is 15.9 Å². The zero-order chi connectivity index (χ0) is 21.3. The summed E-state index contributed by atoms with van der Waals surface area (Å²) in [5, 5.41) is 9.94. The Bertz CT molecular complexity index is 1510. The van der Waals surface area contributed by atoms with Crippen LogP contribution >= 0.6 is 22.7 Å². The molecule has 0 spiro atoms. The maximum Gasteiger partial charge on any atom is 0.226 e. The summed E-state index contributed by atoms with van der Waals surface area (Å²) in [6.45, 7) is 6.26. The molecule has 5 aromatic rings. The van der Waals surface area contributed by atoms with Crippen molar-refractivity contribution >= 4 is 54.7 Å². The molecule has 7 heteroatoms. The van der Waals surface area contributed by atoms with Crippen molar-refractivity contribution in [2.24, 2.45) is 0 Å². The molecule has 4 heterocycles. The summed E-state index contributed by atoms with van der Waals surface area (Å²) in [6, 6.07) is 14.7. The lowest BCUT2D eigenvalue weighted by Crippen LogP contribution is -2.25. The molecule has 3 aromatic heterocycles. The molecule has 5 nitrogen and oxygen atoms in total. The smallest absolute Gasteiger partial charge is 0.226 e. The standard InChI is InChI=1S/C24H20N4OS2/c1-12-8-9-17-19(10-12)31-24(25-17)28-23-21(13(2)27-28)16(11-20(29)26-23)22-14(3)30-18-7-5-4-6-15(18)22/h4-10,16H,11H2,1-3H3,(H,26,29)/t16-/m1/s1. The minimum atomic E-state index is -0.00901. The van der Waals surface area contributed by atoms with Gasteiger partial charge in [-0.3, -0.25) is 4.79 Å². The van der Waals surface area contributed by atoms with E-state index in [0.717, 1.165) is 32.4 Å². The molecule has 1 aliphatic rings. The molecular weight excluding hydrogens is 424 g/mol. The Balaban J connectivity index is 1.56. The normalized spacial score (nSPS) is 16.1. The molecule has 2 aromatic carbocycles. The summed E-state index contributed by atoms with van der Waals surface area (Å²) >= 11 is 3.39. The van der Waals surface area contributed by atoms with Gasteiger partial charge in [0.15, 0.2) is 0 Å². The van der Waals surface area contributed by atoms with Crippen LogP contribution in [0.2, 0.25) is 0 Å². The third-order valence-electron chi connectivity index (χ3n) is 5.98. The summed E-state index contributed by atoms with van der Waals surface area (Å²) < 4.78 is 4.20. The zero-order valence-electron chi connectivity index (χ0n) is 17.4. The number of amides is 1. The Labute approximate surface area is 187 Å². The fourth-order valence-electron chi connectivity index (χ4n) is 4.66. The maximum absolute atomic E-state index is 12.8. The summed E-state index contributed by atoms with van der Waals surface area (Å²) in [6.07, 6.45) is 0.431. The first-order valence-electron chi connectivity index (χ1n) is 10.2. The lowest BCUT2D eigenvalue weighted by atomic mass is 9.84. The number of hydrogen-bond donors (Lipinski definition) is 1. The van der Waals surface area contributed by atoms with Crippen LogP contribution in [0.1, 0.15) is 39.6 Å². The van der Waals surface area contributed by atoms with E-state index in [2.05, 4.69) is 55.6 Å². The third-order valence-corrected chi connectivity index (χ3v) is 8.08. The number of benzene rings is 2. The van der Waals surface area contributed by atoms with Gasteiger partial charge in [-0.1, -0.05) is 35.6 Å². The topological polar surface area (TPSA) is 59.8 Å². The van der Waals surface area contributed by atoms with E-state index in [4.69, 9.17) is 10.1 Å². The molecule has 1 amide bonds. The predicted molar refractivity (Wildman–Crippen MR) is 128 cm³/mol. The number of carbonyl (C=O) groups excluding carboxylic acids is 1. The summed E-state index contributed by atoms with van der Waals surface area (Å²) in [7, 11) is 0.